The van der Waals surface area contributed by atoms with Gasteiger partial charge in [-0.15, -0.1) is 0 Å². The molecule has 4 rings (SSSR count). The minimum atomic E-state index is -4.41. The van der Waals surface area contributed by atoms with Crippen molar-refractivity contribution >= 4 is 55.8 Å². The molecule has 0 bridgehead atoms. The molecule has 0 radical (unpaired) electrons. The Morgan fingerprint density at radius 1 is 1.08 bits per heavy atom. The molecule has 0 fully saturated rings. The number of nitrogens with zero attached hydrogens (tertiary/aromatic N) is 4. The van der Waals surface area contributed by atoms with E-state index in [2.05, 4.69) is 4.98 Å². The van der Waals surface area contributed by atoms with Crippen molar-refractivity contribution in [3.63, 3.8) is 0 Å². The molecule has 0 spiro atoms. The molecule has 1 N–H and O–H groups in total. The minimum absolute atomic E-state index is 0.108. The lowest BCUT2D eigenvalue weighted by Crippen LogP contribution is -2.52. The van der Waals surface area contributed by atoms with Gasteiger partial charge in [0.2, 0.25) is 0 Å². The van der Waals surface area contributed by atoms with Gasteiger partial charge < -0.3 is 9.67 Å². The number of pyridine rings is 1. The Bertz CT molecular complexity index is 1630. The number of halogens is 2. The van der Waals surface area contributed by atoms with Gasteiger partial charge in [0, 0.05) is 27.8 Å². The summed E-state index contributed by atoms with van der Waals surface area (Å²) >= 11 is 12.2. The second kappa shape index (κ2) is 9.71. The van der Waals surface area contributed by atoms with E-state index in [-0.39, 0.29) is 20.6 Å². The molecule has 1 unspecified atom stereocenters. The molecule has 190 valence electrons. The van der Waals surface area contributed by atoms with Crippen LogP contribution in [0, 0.1) is 16.7 Å². The first kappa shape index (κ1) is 26.5. The first-order valence-electron chi connectivity index (χ1n) is 11.0. The van der Waals surface area contributed by atoms with Crippen LogP contribution in [0.1, 0.15) is 26.3 Å². The van der Waals surface area contributed by atoms with E-state index in [1.165, 1.54) is 24.4 Å². The molecule has 0 aliphatic rings. The van der Waals surface area contributed by atoms with E-state index in [1.807, 2.05) is 6.07 Å². The number of nitriles is 1. The van der Waals surface area contributed by atoms with Crippen LogP contribution in [0.2, 0.25) is 10.0 Å². The average molecular weight is 557 g/mol. The van der Waals surface area contributed by atoms with Crippen LogP contribution >= 0.6 is 23.2 Å². The summed E-state index contributed by atoms with van der Waals surface area (Å²) in [6, 6.07) is 14.4. The second-order valence-corrected chi connectivity index (χ2v) is 12.1. The standard InChI is InChI=1S/C26H22Cl2N4O4S/c1-26(2,3)24(25(33)34)32(37(35,36)21-12-18(27)11-19(28)13-21)20-5-6-22-17(10-20)8-9-31(22)23-7-4-16(14-29)15-30-23/h4-13,15,24H,1-3H3,(H,33,34). The molecule has 0 saturated heterocycles. The van der Waals surface area contributed by atoms with Gasteiger partial charge in [0.15, 0.2) is 0 Å². The van der Waals surface area contributed by atoms with E-state index in [4.69, 9.17) is 28.5 Å². The number of hydrogen-bond donors (Lipinski definition) is 1. The predicted molar refractivity (Wildman–Crippen MR) is 143 cm³/mol. The Hall–Kier alpha value is -3.58. The zero-order valence-electron chi connectivity index (χ0n) is 20.1. The van der Waals surface area contributed by atoms with Crippen LogP contribution in [0.15, 0.2) is 71.9 Å². The van der Waals surface area contributed by atoms with Crippen LogP contribution in [0.4, 0.5) is 5.69 Å². The van der Waals surface area contributed by atoms with E-state index in [0.717, 1.165) is 4.31 Å². The summed E-state index contributed by atoms with van der Waals surface area (Å²) in [5, 5.41) is 20.1. The number of carboxylic acids is 1. The molecule has 0 aliphatic carbocycles. The number of carboxylic acid groups (broad SMARTS) is 1. The van der Waals surface area contributed by atoms with Crippen molar-refractivity contribution in [2.45, 2.75) is 31.7 Å². The maximum absolute atomic E-state index is 14.0. The fraction of sp³-hybridized carbons (Fsp3) is 0.192. The molecule has 2 heterocycles. The van der Waals surface area contributed by atoms with Gasteiger partial charge in [0.25, 0.3) is 10.0 Å². The molecule has 4 aromatic rings. The van der Waals surface area contributed by atoms with Crippen LogP contribution in [0.25, 0.3) is 16.7 Å². The number of fused-ring (bicyclic) bond motifs is 1. The number of carbonyl (C=O) groups is 1. The van der Waals surface area contributed by atoms with Crippen LogP contribution in [0.3, 0.4) is 0 Å². The second-order valence-electron chi connectivity index (χ2n) is 9.46. The highest BCUT2D eigenvalue weighted by atomic mass is 35.5. The van der Waals surface area contributed by atoms with Crippen molar-refractivity contribution in [1.82, 2.24) is 9.55 Å². The van der Waals surface area contributed by atoms with Crippen LogP contribution in [0.5, 0.6) is 0 Å². The van der Waals surface area contributed by atoms with E-state index in [0.29, 0.717) is 22.3 Å². The zero-order chi connectivity index (χ0) is 27.1. The molecule has 1 atom stereocenters. The van der Waals surface area contributed by atoms with Gasteiger partial charge in [-0.3, -0.25) is 4.31 Å². The fourth-order valence-corrected chi connectivity index (χ4v) is 6.61. The molecular weight excluding hydrogens is 535 g/mol. The summed E-state index contributed by atoms with van der Waals surface area (Å²) in [7, 11) is -4.41. The van der Waals surface area contributed by atoms with Crippen molar-refractivity contribution in [1.29, 1.82) is 5.26 Å². The molecule has 0 aliphatic heterocycles. The molecule has 2 aromatic heterocycles. The highest BCUT2D eigenvalue weighted by Crippen LogP contribution is 2.37. The molecule has 0 saturated carbocycles. The third kappa shape index (κ3) is 5.14. The van der Waals surface area contributed by atoms with Gasteiger partial charge >= 0.3 is 5.97 Å². The number of benzene rings is 2. The normalized spacial score (nSPS) is 12.8. The van der Waals surface area contributed by atoms with Crippen molar-refractivity contribution in [2.75, 3.05) is 4.31 Å². The number of aromatic nitrogens is 2. The van der Waals surface area contributed by atoms with Gasteiger partial charge in [0.05, 0.1) is 21.7 Å². The lowest BCUT2D eigenvalue weighted by Gasteiger charge is -2.37. The molecule has 37 heavy (non-hydrogen) atoms. The highest BCUT2D eigenvalue weighted by Gasteiger charge is 2.43. The van der Waals surface area contributed by atoms with Crippen molar-refractivity contribution < 1.29 is 18.3 Å². The minimum Gasteiger partial charge on any atom is -0.480 e. The van der Waals surface area contributed by atoms with Gasteiger partial charge in [-0.05, 0) is 60.0 Å². The Balaban J connectivity index is 1.91. The monoisotopic (exact) mass is 556 g/mol. The van der Waals surface area contributed by atoms with Crippen LogP contribution in [-0.2, 0) is 14.8 Å². The maximum atomic E-state index is 14.0. The summed E-state index contributed by atoms with van der Waals surface area (Å²) in [4.78, 5) is 16.6. The SMILES string of the molecule is CC(C)(C)C(C(=O)O)N(c1ccc2c(ccn2-c2ccc(C#N)cn2)c1)S(=O)(=O)c1cc(Cl)cc(Cl)c1. The van der Waals surface area contributed by atoms with E-state index in [9.17, 15) is 18.3 Å². The lowest BCUT2D eigenvalue weighted by molar-refractivity contribution is -0.140. The highest BCUT2D eigenvalue weighted by molar-refractivity contribution is 7.93. The predicted octanol–water partition coefficient (Wildman–Crippen LogP) is 5.90. The van der Waals surface area contributed by atoms with Crippen molar-refractivity contribution in [2.24, 2.45) is 5.41 Å². The maximum Gasteiger partial charge on any atom is 0.328 e. The number of hydrogen-bond acceptors (Lipinski definition) is 5. The molecule has 2 aromatic carbocycles. The fourth-order valence-electron chi connectivity index (χ4n) is 4.10. The van der Waals surface area contributed by atoms with Gasteiger partial charge in [-0.2, -0.15) is 5.26 Å². The molecule has 11 heteroatoms. The first-order chi connectivity index (χ1) is 17.3. The van der Waals surface area contributed by atoms with Crippen molar-refractivity contribution in [3.8, 4) is 11.9 Å². The van der Waals surface area contributed by atoms with Crippen LogP contribution < -0.4 is 4.31 Å². The Morgan fingerprint density at radius 3 is 2.30 bits per heavy atom. The zero-order valence-corrected chi connectivity index (χ0v) is 22.4. The smallest absolute Gasteiger partial charge is 0.328 e. The van der Waals surface area contributed by atoms with E-state index < -0.39 is 27.4 Å². The largest absolute Gasteiger partial charge is 0.480 e. The summed E-state index contributed by atoms with van der Waals surface area (Å²) < 4.78 is 30.6. The third-order valence-electron chi connectivity index (χ3n) is 5.73. The Labute approximate surface area is 224 Å². The van der Waals surface area contributed by atoms with E-state index in [1.54, 1.807) is 67.9 Å². The number of sulfonamides is 1. The topological polar surface area (TPSA) is 116 Å². The lowest BCUT2D eigenvalue weighted by atomic mass is 9.86. The Morgan fingerprint density at radius 2 is 1.76 bits per heavy atom. The first-order valence-corrected chi connectivity index (χ1v) is 13.2. The Kier molecular flexibility index (Phi) is 6.95. The van der Waals surface area contributed by atoms with Crippen molar-refractivity contribution in [3.05, 3.63) is 82.6 Å². The van der Waals surface area contributed by atoms with Gasteiger partial charge in [-0.1, -0.05) is 44.0 Å². The third-order valence-corrected chi connectivity index (χ3v) is 7.94. The van der Waals surface area contributed by atoms with Gasteiger partial charge in [0.1, 0.15) is 17.9 Å². The summed E-state index contributed by atoms with van der Waals surface area (Å²) in [6.45, 7) is 4.97. The average Bonchev–Trinajstić information content (AvgIpc) is 3.24. The number of rotatable bonds is 6. The molecule has 8 nitrogen and oxygen atoms in total. The van der Waals surface area contributed by atoms with Gasteiger partial charge in [-0.25, -0.2) is 18.2 Å². The number of anilines is 1. The number of aliphatic carboxylic acids is 1. The summed E-state index contributed by atoms with van der Waals surface area (Å²) in [5.41, 5.74) is 0.323. The quantitative estimate of drug-likeness (QED) is 0.316. The molecular formula is C26H22Cl2N4O4S. The molecule has 0 amide bonds. The van der Waals surface area contributed by atoms with Crippen LogP contribution in [-0.4, -0.2) is 35.1 Å². The van der Waals surface area contributed by atoms with E-state index >= 15 is 0 Å². The summed E-state index contributed by atoms with van der Waals surface area (Å²) in [5.74, 6) is -0.735. The summed E-state index contributed by atoms with van der Waals surface area (Å²) in [6.07, 6.45) is 3.22.